The molecule has 0 unspecified atom stereocenters. The van der Waals surface area contributed by atoms with Crippen LogP contribution in [0.2, 0.25) is 0 Å². The average Bonchev–Trinajstić information content (AvgIpc) is 2.80. The molecule has 0 radical (unpaired) electrons. The van der Waals surface area contributed by atoms with Gasteiger partial charge in [0.1, 0.15) is 11.5 Å². The minimum Gasteiger partial charge on any atom is -0.497 e. The van der Waals surface area contributed by atoms with Gasteiger partial charge < -0.3 is 20.1 Å². The third-order valence-electron chi connectivity index (χ3n) is 4.48. The van der Waals surface area contributed by atoms with E-state index >= 15 is 0 Å². The highest BCUT2D eigenvalue weighted by Crippen LogP contribution is 2.23. The second-order valence-electron chi connectivity index (χ2n) is 6.37. The van der Waals surface area contributed by atoms with Gasteiger partial charge in [-0.15, -0.1) is 0 Å². The number of hydrogen-bond acceptors (Lipinski definition) is 4. The maximum absolute atomic E-state index is 12.5. The number of carbonyl (C=O) groups excluding carboxylic acids is 2. The lowest BCUT2D eigenvalue weighted by molar-refractivity contribution is 0.101. The van der Waals surface area contributed by atoms with Crippen LogP contribution in [0.25, 0.3) is 6.08 Å². The minimum absolute atomic E-state index is 0.248. The van der Waals surface area contributed by atoms with E-state index in [1.807, 2.05) is 0 Å². The predicted octanol–water partition coefficient (Wildman–Crippen LogP) is 4.85. The SMILES string of the molecule is C=Cc1cc(NC(=O)c2ccc(OC)cc2)ccc1NC(=O)c1ccc(OC)cc1. The number of hydrogen-bond donors (Lipinski definition) is 2. The average molecular weight is 402 g/mol. The second-order valence-corrected chi connectivity index (χ2v) is 6.37. The van der Waals surface area contributed by atoms with Crippen LogP contribution < -0.4 is 20.1 Å². The number of carbonyl (C=O) groups is 2. The van der Waals surface area contributed by atoms with Crippen molar-refractivity contribution in [2.45, 2.75) is 0 Å². The van der Waals surface area contributed by atoms with E-state index in [2.05, 4.69) is 17.2 Å². The fourth-order valence-corrected chi connectivity index (χ4v) is 2.81. The normalized spacial score (nSPS) is 10.1. The zero-order chi connectivity index (χ0) is 21.5. The Balaban J connectivity index is 1.72. The highest BCUT2D eigenvalue weighted by Gasteiger charge is 2.11. The standard InChI is InChI=1S/C24H22N2O4/c1-4-16-15-19(25-23(27)17-5-10-20(29-2)11-6-17)9-14-22(16)26-24(28)18-7-12-21(30-3)13-8-18/h4-15H,1H2,2-3H3,(H,25,27)(H,26,28). The van der Waals surface area contributed by atoms with Gasteiger partial charge in [-0.3, -0.25) is 9.59 Å². The summed E-state index contributed by atoms with van der Waals surface area (Å²) in [6.45, 7) is 3.80. The summed E-state index contributed by atoms with van der Waals surface area (Å²) in [6, 6.07) is 18.8. The molecule has 3 aromatic rings. The summed E-state index contributed by atoms with van der Waals surface area (Å²) in [5.41, 5.74) is 2.88. The van der Waals surface area contributed by atoms with E-state index in [9.17, 15) is 9.59 Å². The Kier molecular flexibility index (Phi) is 6.49. The lowest BCUT2D eigenvalue weighted by Gasteiger charge is -2.12. The summed E-state index contributed by atoms with van der Waals surface area (Å²) >= 11 is 0. The zero-order valence-electron chi connectivity index (χ0n) is 16.8. The molecule has 0 aliphatic heterocycles. The third-order valence-corrected chi connectivity index (χ3v) is 4.48. The lowest BCUT2D eigenvalue weighted by atomic mass is 10.1. The first kappa shape index (κ1) is 20.7. The number of anilines is 2. The Morgan fingerprint density at radius 2 is 1.27 bits per heavy atom. The van der Waals surface area contributed by atoms with Crippen molar-refractivity contribution in [3.8, 4) is 11.5 Å². The molecule has 0 saturated heterocycles. The quantitative estimate of drug-likeness (QED) is 0.592. The Morgan fingerprint density at radius 1 is 0.767 bits per heavy atom. The number of ether oxygens (including phenoxy) is 2. The Morgan fingerprint density at radius 3 is 1.73 bits per heavy atom. The van der Waals surface area contributed by atoms with Crippen LogP contribution in [0.4, 0.5) is 11.4 Å². The number of nitrogens with one attached hydrogen (secondary N) is 2. The van der Waals surface area contributed by atoms with Crippen molar-refractivity contribution in [2.24, 2.45) is 0 Å². The molecule has 0 saturated carbocycles. The van der Waals surface area contributed by atoms with Crippen molar-refractivity contribution < 1.29 is 19.1 Å². The van der Waals surface area contributed by atoms with Gasteiger partial charge in [-0.2, -0.15) is 0 Å². The van der Waals surface area contributed by atoms with E-state index in [1.165, 1.54) is 0 Å². The summed E-state index contributed by atoms with van der Waals surface area (Å²) < 4.78 is 10.2. The monoisotopic (exact) mass is 402 g/mol. The third kappa shape index (κ3) is 4.86. The number of methoxy groups -OCH3 is 2. The molecule has 2 N–H and O–H groups in total. The first-order chi connectivity index (χ1) is 14.5. The molecule has 0 atom stereocenters. The van der Waals surface area contributed by atoms with E-state index in [0.29, 0.717) is 39.6 Å². The molecule has 0 aromatic heterocycles. The summed E-state index contributed by atoms with van der Waals surface area (Å²) in [6.07, 6.45) is 1.62. The van der Waals surface area contributed by atoms with Gasteiger partial charge in [0.15, 0.2) is 0 Å². The summed E-state index contributed by atoms with van der Waals surface area (Å²) in [5, 5.41) is 5.70. The van der Waals surface area contributed by atoms with E-state index in [0.717, 1.165) is 0 Å². The minimum atomic E-state index is -0.254. The molecule has 0 spiro atoms. The van der Waals surface area contributed by atoms with Crippen LogP contribution in [0.15, 0.2) is 73.3 Å². The largest absolute Gasteiger partial charge is 0.497 e. The molecule has 3 aromatic carbocycles. The molecule has 3 rings (SSSR count). The number of benzene rings is 3. The van der Waals surface area contributed by atoms with E-state index in [4.69, 9.17) is 9.47 Å². The molecular formula is C24H22N2O4. The summed E-state index contributed by atoms with van der Waals surface area (Å²) in [5.74, 6) is 0.853. The van der Waals surface area contributed by atoms with Crippen LogP contribution in [0.1, 0.15) is 26.3 Å². The van der Waals surface area contributed by atoms with Gasteiger partial charge in [-0.25, -0.2) is 0 Å². The maximum atomic E-state index is 12.5. The smallest absolute Gasteiger partial charge is 0.255 e. The lowest BCUT2D eigenvalue weighted by Crippen LogP contribution is -2.14. The van der Waals surface area contributed by atoms with Gasteiger partial charge in [0.05, 0.1) is 14.2 Å². The van der Waals surface area contributed by atoms with Crippen molar-refractivity contribution in [3.05, 3.63) is 90.0 Å². The highest BCUT2D eigenvalue weighted by atomic mass is 16.5. The summed E-state index contributed by atoms with van der Waals surface area (Å²) in [7, 11) is 3.14. The van der Waals surface area contributed by atoms with Gasteiger partial charge in [0.2, 0.25) is 0 Å². The molecule has 0 aliphatic rings. The van der Waals surface area contributed by atoms with E-state index < -0.39 is 0 Å². The van der Waals surface area contributed by atoms with Gasteiger partial charge >= 0.3 is 0 Å². The van der Waals surface area contributed by atoms with Crippen molar-refractivity contribution >= 4 is 29.3 Å². The van der Waals surface area contributed by atoms with Crippen LogP contribution in [0.3, 0.4) is 0 Å². The molecule has 2 amide bonds. The fourth-order valence-electron chi connectivity index (χ4n) is 2.81. The Hall–Kier alpha value is -4.06. The van der Waals surface area contributed by atoms with Crippen LogP contribution in [0, 0.1) is 0 Å². The fraction of sp³-hybridized carbons (Fsp3) is 0.0833. The van der Waals surface area contributed by atoms with Crippen LogP contribution in [-0.2, 0) is 0 Å². The van der Waals surface area contributed by atoms with Crippen LogP contribution in [-0.4, -0.2) is 26.0 Å². The topological polar surface area (TPSA) is 76.7 Å². The molecule has 0 aliphatic carbocycles. The molecule has 0 heterocycles. The molecule has 6 nitrogen and oxygen atoms in total. The Bertz CT molecular complexity index is 1060. The van der Waals surface area contributed by atoms with Gasteiger partial charge in [-0.1, -0.05) is 12.7 Å². The predicted molar refractivity (Wildman–Crippen MR) is 118 cm³/mol. The number of amides is 2. The first-order valence-corrected chi connectivity index (χ1v) is 9.21. The molecule has 6 heteroatoms. The van der Waals surface area contributed by atoms with Crippen molar-refractivity contribution in [1.82, 2.24) is 0 Å². The molecule has 0 bridgehead atoms. The van der Waals surface area contributed by atoms with Crippen molar-refractivity contribution in [3.63, 3.8) is 0 Å². The van der Waals surface area contributed by atoms with Crippen molar-refractivity contribution in [2.75, 3.05) is 24.9 Å². The van der Waals surface area contributed by atoms with Crippen molar-refractivity contribution in [1.29, 1.82) is 0 Å². The second kappa shape index (κ2) is 9.43. The van der Waals surface area contributed by atoms with Gasteiger partial charge in [-0.05, 0) is 72.3 Å². The highest BCUT2D eigenvalue weighted by molar-refractivity contribution is 6.06. The van der Waals surface area contributed by atoms with Crippen LogP contribution in [0.5, 0.6) is 11.5 Å². The first-order valence-electron chi connectivity index (χ1n) is 9.21. The van der Waals surface area contributed by atoms with E-state index in [1.54, 1.807) is 87.0 Å². The van der Waals surface area contributed by atoms with Gasteiger partial charge in [0.25, 0.3) is 11.8 Å². The zero-order valence-corrected chi connectivity index (χ0v) is 16.8. The summed E-state index contributed by atoms with van der Waals surface area (Å²) in [4.78, 5) is 25.0. The molecule has 152 valence electrons. The Labute approximate surface area is 175 Å². The maximum Gasteiger partial charge on any atom is 0.255 e. The van der Waals surface area contributed by atoms with Gasteiger partial charge in [0, 0.05) is 22.5 Å². The van der Waals surface area contributed by atoms with E-state index in [-0.39, 0.29) is 11.8 Å². The van der Waals surface area contributed by atoms with Crippen LogP contribution >= 0.6 is 0 Å². The molecule has 30 heavy (non-hydrogen) atoms. The molecule has 0 fully saturated rings. The molecular weight excluding hydrogens is 380 g/mol. The number of rotatable bonds is 7.